The molecule has 2 fully saturated rings. The number of hydrogen-bond acceptors (Lipinski definition) is 3. The van der Waals surface area contributed by atoms with Gasteiger partial charge in [0.15, 0.2) is 0 Å². The maximum absolute atomic E-state index is 5.71. The maximum atomic E-state index is 5.71. The third-order valence-corrected chi connectivity index (χ3v) is 5.13. The summed E-state index contributed by atoms with van der Waals surface area (Å²) in [6, 6.07) is 7.31. The maximum Gasteiger partial charge on any atom is 0.123 e. The summed E-state index contributed by atoms with van der Waals surface area (Å²) in [5.41, 5.74) is 2.83. The van der Waals surface area contributed by atoms with E-state index >= 15 is 0 Å². The van der Waals surface area contributed by atoms with E-state index in [0.29, 0.717) is 12.0 Å². The van der Waals surface area contributed by atoms with Crippen LogP contribution in [0.15, 0.2) is 18.2 Å². The highest BCUT2D eigenvalue weighted by Crippen LogP contribution is 2.43. The minimum atomic E-state index is 0.517. The first-order chi connectivity index (χ1) is 10.7. The van der Waals surface area contributed by atoms with Gasteiger partial charge in [-0.1, -0.05) is 38.8 Å². The van der Waals surface area contributed by atoms with Crippen LogP contribution in [0, 0.1) is 5.92 Å². The average Bonchev–Trinajstić information content (AvgIpc) is 3.37. The first-order valence-electron chi connectivity index (χ1n) is 8.81. The van der Waals surface area contributed by atoms with Gasteiger partial charge in [-0.25, -0.2) is 0 Å². The molecule has 122 valence electrons. The van der Waals surface area contributed by atoms with E-state index in [1.165, 1.54) is 30.4 Å². The van der Waals surface area contributed by atoms with Crippen LogP contribution in [-0.2, 0) is 0 Å². The zero-order chi connectivity index (χ0) is 15.5. The van der Waals surface area contributed by atoms with Crippen LogP contribution in [0.5, 0.6) is 5.75 Å². The minimum absolute atomic E-state index is 0.517. The van der Waals surface area contributed by atoms with E-state index < -0.39 is 0 Å². The van der Waals surface area contributed by atoms with Crippen molar-refractivity contribution in [3.63, 3.8) is 0 Å². The fourth-order valence-electron chi connectivity index (χ4n) is 3.51. The number of methoxy groups -OCH3 is 1. The lowest BCUT2D eigenvalue weighted by Gasteiger charge is -2.36. The molecule has 3 heteroatoms. The number of nitrogens with one attached hydrogen (secondary N) is 1. The van der Waals surface area contributed by atoms with E-state index in [9.17, 15) is 0 Å². The molecule has 1 saturated carbocycles. The number of ether oxygens (including phenoxy) is 1. The molecule has 3 nitrogen and oxygen atoms in total. The zero-order valence-electron chi connectivity index (χ0n) is 14.3. The van der Waals surface area contributed by atoms with E-state index in [-0.39, 0.29) is 0 Å². The normalized spacial score (nSPS) is 21.1. The highest BCUT2D eigenvalue weighted by atomic mass is 16.5. The van der Waals surface area contributed by atoms with Crippen LogP contribution < -0.4 is 10.1 Å². The van der Waals surface area contributed by atoms with Crippen LogP contribution in [0.3, 0.4) is 0 Å². The lowest BCUT2D eigenvalue weighted by atomic mass is 9.93. The van der Waals surface area contributed by atoms with Crippen molar-refractivity contribution in [2.45, 2.75) is 45.1 Å². The van der Waals surface area contributed by atoms with Gasteiger partial charge in [-0.2, -0.15) is 0 Å². The van der Waals surface area contributed by atoms with Crippen molar-refractivity contribution >= 4 is 0 Å². The van der Waals surface area contributed by atoms with Crippen LogP contribution in [0.1, 0.15) is 56.2 Å². The molecule has 1 heterocycles. The third kappa shape index (κ3) is 3.64. The summed E-state index contributed by atoms with van der Waals surface area (Å²) in [5, 5.41) is 3.48. The quantitative estimate of drug-likeness (QED) is 0.869. The smallest absolute Gasteiger partial charge is 0.123 e. The minimum Gasteiger partial charge on any atom is -0.496 e. The molecule has 0 amide bonds. The van der Waals surface area contributed by atoms with Crippen molar-refractivity contribution in [1.29, 1.82) is 0 Å². The van der Waals surface area contributed by atoms with E-state index in [4.69, 9.17) is 4.74 Å². The van der Waals surface area contributed by atoms with Crippen LogP contribution in [0.25, 0.3) is 0 Å². The molecular formula is C19H30N2O. The van der Waals surface area contributed by atoms with Crippen LogP contribution >= 0.6 is 0 Å². The molecule has 1 saturated heterocycles. The molecular weight excluding hydrogens is 272 g/mol. The van der Waals surface area contributed by atoms with Crippen LogP contribution in [0.2, 0.25) is 0 Å². The molecule has 1 atom stereocenters. The van der Waals surface area contributed by atoms with Gasteiger partial charge in [-0.15, -0.1) is 0 Å². The zero-order valence-corrected chi connectivity index (χ0v) is 14.3. The lowest BCUT2D eigenvalue weighted by Crippen LogP contribution is -2.45. The molecule has 1 aliphatic heterocycles. The summed E-state index contributed by atoms with van der Waals surface area (Å²) in [6.07, 6.45) is 4.11. The van der Waals surface area contributed by atoms with Gasteiger partial charge in [-0.3, -0.25) is 4.90 Å². The van der Waals surface area contributed by atoms with Crippen molar-refractivity contribution in [3.05, 3.63) is 29.3 Å². The van der Waals surface area contributed by atoms with Gasteiger partial charge >= 0.3 is 0 Å². The Kier molecular flexibility index (Phi) is 5.04. The molecule has 0 radical (unpaired) electrons. The fourth-order valence-corrected chi connectivity index (χ4v) is 3.51. The van der Waals surface area contributed by atoms with Crippen LogP contribution in [-0.4, -0.2) is 38.2 Å². The van der Waals surface area contributed by atoms with E-state index in [2.05, 4.69) is 42.3 Å². The number of rotatable bonds is 6. The van der Waals surface area contributed by atoms with Gasteiger partial charge in [0.1, 0.15) is 5.75 Å². The number of benzene rings is 1. The second kappa shape index (κ2) is 7.01. The largest absolute Gasteiger partial charge is 0.496 e. The molecule has 0 unspecified atom stereocenters. The molecule has 22 heavy (non-hydrogen) atoms. The van der Waals surface area contributed by atoms with Gasteiger partial charge in [-0.05, 0) is 29.9 Å². The third-order valence-electron chi connectivity index (χ3n) is 5.13. The predicted molar refractivity (Wildman–Crippen MR) is 91.6 cm³/mol. The predicted octanol–water partition coefficient (Wildman–Crippen LogP) is 3.57. The van der Waals surface area contributed by atoms with E-state index in [0.717, 1.165) is 37.8 Å². The summed E-state index contributed by atoms with van der Waals surface area (Å²) in [5.74, 6) is 2.55. The molecule has 0 spiro atoms. The molecule has 0 aromatic heterocycles. The van der Waals surface area contributed by atoms with E-state index in [1.54, 1.807) is 7.11 Å². The molecule has 1 aromatic rings. The first kappa shape index (κ1) is 15.8. The van der Waals surface area contributed by atoms with Crippen molar-refractivity contribution in [3.8, 4) is 5.75 Å². The summed E-state index contributed by atoms with van der Waals surface area (Å²) >= 11 is 0. The molecule has 3 rings (SSSR count). The van der Waals surface area contributed by atoms with Gasteiger partial charge < -0.3 is 10.1 Å². The Morgan fingerprint density at radius 2 is 1.95 bits per heavy atom. The van der Waals surface area contributed by atoms with Gasteiger partial charge in [0.05, 0.1) is 7.11 Å². The second-order valence-electron chi connectivity index (χ2n) is 7.14. The highest BCUT2D eigenvalue weighted by molar-refractivity contribution is 5.40. The summed E-state index contributed by atoms with van der Waals surface area (Å²) in [7, 11) is 1.81. The highest BCUT2D eigenvalue weighted by Gasteiger charge is 2.32. The standard InChI is InChI=1S/C19H30N2O/c1-14(2)16-6-7-19(22-3)17(13-16)18(12-15-4-5-15)21-10-8-20-9-11-21/h6-7,13-15,18,20H,4-5,8-12H2,1-3H3/t18-/m0/s1. The molecule has 1 aliphatic carbocycles. The van der Waals surface area contributed by atoms with Gasteiger partial charge in [0.2, 0.25) is 0 Å². The summed E-state index contributed by atoms with van der Waals surface area (Å²) in [4.78, 5) is 2.66. The topological polar surface area (TPSA) is 24.5 Å². The fraction of sp³-hybridized carbons (Fsp3) is 0.684. The average molecular weight is 302 g/mol. The van der Waals surface area contributed by atoms with Crippen LogP contribution in [0.4, 0.5) is 0 Å². The number of hydrogen-bond donors (Lipinski definition) is 1. The van der Waals surface area contributed by atoms with Gasteiger partial charge in [0.25, 0.3) is 0 Å². The lowest BCUT2D eigenvalue weighted by molar-refractivity contribution is 0.157. The second-order valence-corrected chi connectivity index (χ2v) is 7.14. The Labute approximate surface area is 135 Å². The van der Waals surface area contributed by atoms with Crippen molar-refractivity contribution in [2.75, 3.05) is 33.3 Å². The first-order valence-corrected chi connectivity index (χ1v) is 8.81. The molecule has 1 N–H and O–H groups in total. The van der Waals surface area contributed by atoms with Gasteiger partial charge in [0, 0.05) is 37.8 Å². The van der Waals surface area contributed by atoms with Crippen molar-refractivity contribution < 1.29 is 4.74 Å². The Bertz CT molecular complexity index is 490. The summed E-state index contributed by atoms with van der Waals surface area (Å²) < 4.78 is 5.71. The monoisotopic (exact) mass is 302 g/mol. The van der Waals surface area contributed by atoms with Crippen molar-refractivity contribution in [1.82, 2.24) is 10.2 Å². The SMILES string of the molecule is COc1ccc(C(C)C)cc1[C@H](CC1CC1)N1CCNCC1. The number of piperazine rings is 1. The Balaban J connectivity index is 1.91. The molecule has 1 aromatic carbocycles. The molecule has 0 bridgehead atoms. The van der Waals surface area contributed by atoms with Crippen molar-refractivity contribution in [2.24, 2.45) is 5.92 Å². The Morgan fingerprint density at radius 1 is 1.23 bits per heavy atom. The molecule has 2 aliphatic rings. The van der Waals surface area contributed by atoms with E-state index in [1.807, 2.05) is 0 Å². The Morgan fingerprint density at radius 3 is 2.55 bits per heavy atom. The summed E-state index contributed by atoms with van der Waals surface area (Å²) in [6.45, 7) is 9.04. The number of nitrogens with zero attached hydrogens (tertiary/aromatic N) is 1. The Hall–Kier alpha value is -1.06.